The fourth-order valence-corrected chi connectivity index (χ4v) is 2.18. The highest BCUT2D eigenvalue weighted by molar-refractivity contribution is 6.66. The third-order valence-corrected chi connectivity index (χ3v) is 4.08. The van der Waals surface area contributed by atoms with Gasteiger partial charge in [0.15, 0.2) is 0 Å². The average molecular weight is 209 g/mol. The van der Waals surface area contributed by atoms with E-state index in [1.54, 1.807) is 7.11 Å². The number of carbonyl (C=O) groups is 1. The predicted octanol–water partition coefficient (Wildman–Crippen LogP) is 0.852. The van der Waals surface area contributed by atoms with E-state index in [4.69, 9.17) is 4.43 Å². The molecule has 0 fully saturated rings. The van der Waals surface area contributed by atoms with E-state index in [0.29, 0.717) is 0 Å². The molecule has 1 aromatic rings. The van der Waals surface area contributed by atoms with Crippen molar-refractivity contribution in [3.05, 3.63) is 24.3 Å². The number of nitrogens with one attached hydrogen (secondary N) is 1. The van der Waals surface area contributed by atoms with Crippen LogP contribution in [0.15, 0.2) is 24.3 Å². The number of anilines is 1. The quantitative estimate of drug-likeness (QED) is 0.750. The molecule has 0 saturated heterocycles. The van der Waals surface area contributed by atoms with Crippen molar-refractivity contribution in [2.45, 2.75) is 13.5 Å². The summed E-state index contributed by atoms with van der Waals surface area (Å²) in [5.41, 5.74) is 0.832. The molecule has 1 atom stereocenters. The Morgan fingerprint density at radius 2 is 1.93 bits per heavy atom. The summed E-state index contributed by atoms with van der Waals surface area (Å²) < 4.78 is 5.31. The molecule has 3 nitrogen and oxygen atoms in total. The van der Waals surface area contributed by atoms with Gasteiger partial charge in [-0.3, -0.25) is 4.79 Å². The molecule has 0 bridgehead atoms. The van der Waals surface area contributed by atoms with Crippen LogP contribution in [0, 0.1) is 0 Å². The molecule has 1 amide bonds. The van der Waals surface area contributed by atoms with Crippen LogP contribution in [-0.4, -0.2) is 22.1 Å². The zero-order valence-electron chi connectivity index (χ0n) is 8.70. The molecule has 0 heterocycles. The van der Waals surface area contributed by atoms with Crippen molar-refractivity contribution >= 4 is 25.8 Å². The number of carbonyl (C=O) groups excluding carboxylic acids is 1. The van der Waals surface area contributed by atoms with Gasteiger partial charge in [0, 0.05) is 19.7 Å². The molecule has 0 aliphatic heterocycles. The molecular formula is C10H15NO2Si. The Kier molecular flexibility index (Phi) is 3.85. The Morgan fingerprint density at radius 3 is 2.36 bits per heavy atom. The van der Waals surface area contributed by atoms with Crippen LogP contribution in [-0.2, 0) is 9.22 Å². The van der Waals surface area contributed by atoms with Gasteiger partial charge in [-0.1, -0.05) is 12.1 Å². The van der Waals surface area contributed by atoms with Crippen LogP contribution in [0.4, 0.5) is 5.69 Å². The van der Waals surface area contributed by atoms with Gasteiger partial charge < -0.3 is 9.74 Å². The third kappa shape index (κ3) is 2.97. The van der Waals surface area contributed by atoms with Crippen LogP contribution in [0.25, 0.3) is 0 Å². The summed E-state index contributed by atoms with van der Waals surface area (Å²) in [5, 5.41) is 3.96. The molecule has 0 spiro atoms. The first-order valence-electron chi connectivity index (χ1n) is 4.54. The highest BCUT2D eigenvalue weighted by atomic mass is 28.3. The summed E-state index contributed by atoms with van der Waals surface area (Å²) in [5.74, 6) is -0.0465. The molecule has 1 N–H and O–H groups in total. The molecule has 4 heteroatoms. The Morgan fingerprint density at radius 1 is 1.36 bits per heavy atom. The van der Waals surface area contributed by atoms with Crippen molar-refractivity contribution < 1.29 is 9.22 Å². The van der Waals surface area contributed by atoms with E-state index in [-0.39, 0.29) is 5.91 Å². The number of benzene rings is 1. The van der Waals surface area contributed by atoms with Gasteiger partial charge in [0.25, 0.3) is 0 Å². The van der Waals surface area contributed by atoms with Gasteiger partial charge in [-0.15, -0.1) is 0 Å². The average Bonchev–Trinajstić information content (AvgIpc) is 2.17. The van der Waals surface area contributed by atoms with E-state index in [1.807, 2.05) is 24.3 Å². The minimum Gasteiger partial charge on any atom is -0.419 e. The maximum absolute atomic E-state index is 10.8. The van der Waals surface area contributed by atoms with Crippen LogP contribution in [0.1, 0.15) is 6.92 Å². The lowest BCUT2D eigenvalue weighted by Crippen LogP contribution is -2.28. The SMILES string of the molecule is CO[Si@H](C)c1ccc(NC(C)=O)cc1. The molecule has 1 aromatic carbocycles. The zero-order chi connectivity index (χ0) is 10.6. The Labute approximate surface area is 85.8 Å². The van der Waals surface area contributed by atoms with Crippen molar-refractivity contribution in [3.63, 3.8) is 0 Å². The number of hydrogen-bond donors (Lipinski definition) is 1. The highest BCUT2D eigenvalue weighted by Gasteiger charge is 2.05. The Hall–Kier alpha value is -1.13. The molecule has 0 radical (unpaired) electrons. The second-order valence-electron chi connectivity index (χ2n) is 3.18. The van der Waals surface area contributed by atoms with Crippen molar-refractivity contribution in [3.8, 4) is 0 Å². The van der Waals surface area contributed by atoms with Gasteiger partial charge in [-0.2, -0.15) is 0 Å². The molecule has 0 saturated carbocycles. The van der Waals surface area contributed by atoms with E-state index in [2.05, 4.69) is 11.9 Å². The smallest absolute Gasteiger partial charge is 0.221 e. The Balaban J connectivity index is 2.73. The van der Waals surface area contributed by atoms with Crippen molar-refractivity contribution in [2.75, 3.05) is 12.4 Å². The van der Waals surface area contributed by atoms with Gasteiger partial charge in [0.05, 0.1) is 0 Å². The number of amides is 1. The Bertz CT molecular complexity index is 310. The second-order valence-corrected chi connectivity index (χ2v) is 5.60. The van der Waals surface area contributed by atoms with Crippen molar-refractivity contribution in [1.82, 2.24) is 0 Å². The monoisotopic (exact) mass is 209 g/mol. The van der Waals surface area contributed by atoms with E-state index in [1.165, 1.54) is 12.1 Å². The summed E-state index contributed by atoms with van der Waals surface area (Å²) in [7, 11) is 0.526. The van der Waals surface area contributed by atoms with Crippen LogP contribution < -0.4 is 10.5 Å². The summed E-state index contributed by atoms with van der Waals surface area (Å²) in [4.78, 5) is 10.8. The lowest BCUT2D eigenvalue weighted by atomic mass is 10.3. The summed E-state index contributed by atoms with van der Waals surface area (Å²) in [6, 6.07) is 7.82. The van der Waals surface area contributed by atoms with Crippen molar-refractivity contribution in [1.29, 1.82) is 0 Å². The largest absolute Gasteiger partial charge is 0.419 e. The van der Waals surface area contributed by atoms with E-state index >= 15 is 0 Å². The fourth-order valence-electron chi connectivity index (χ4n) is 1.18. The van der Waals surface area contributed by atoms with Crippen LogP contribution >= 0.6 is 0 Å². The molecule has 0 aliphatic carbocycles. The molecule has 1 rings (SSSR count). The molecular weight excluding hydrogens is 194 g/mol. The minimum atomic E-state index is -1.21. The zero-order valence-corrected chi connectivity index (χ0v) is 9.86. The molecule has 76 valence electrons. The molecule has 0 aromatic heterocycles. The predicted molar refractivity (Wildman–Crippen MR) is 60.4 cm³/mol. The topological polar surface area (TPSA) is 38.3 Å². The lowest BCUT2D eigenvalue weighted by molar-refractivity contribution is -0.114. The minimum absolute atomic E-state index is 0.0465. The van der Waals surface area contributed by atoms with Gasteiger partial charge in [0.2, 0.25) is 14.9 Å². The maximum atomic E-state index is 10.8. The molecule has 0 aliphatic rings. The standard InChI is InChI=1S/C10H15NO2Si/c1-8(12)11-9-4-6-10(7-5-9)14(3)13-2/h4-7,14H,1-3H3,(H,11,12)/t14-/m1/s1. The third-order valence-electron chi connectivity index (χ3n) is 2.05. The first-order valence-corrected chi connectivity index (χ1v) is 6.74. The first kappa shape index (κ1) is 10.9. The summed E-state index contributed by atoms with van der Waals surface area (Å²) in [6.45, 7) is 3.62. The van der Waals surface area contributed by atoms with Gasteiger partial charge >= 0.3 is 0 Å². The van der Waals surface area contributed by atoms with E-state index in [9.17, 15) is 4.79 Å². The second kappa shape index (κ2) is 4.93. The van der Waals surface area contributed by atoms with Gasteiger partial charge in [-0.25, -0.2) is 0 Å². The van der Waals surface area contributed by atoms with Crippen molar-refractivity contribution in [2.24, 2.45) is 0 Å². The lowest BCUT2D eigenvalue weighted by Gasteiger charge is -2.08. The van der Waals surface area contributed by atoms with Crippen LogP contribution in [0.3, 0.4) is 0 Å². The van der Waals surface area contributed by atoms with E-state index < -0.39 is 9.04 Å². The molecule has 14 heavy (non-hydrogen) atoms. The molecule has 0 unspecified atom stereocenters. The number of hydrogen-bond acceptors (Lipinski definition) is 2. The highest BCUT2D eigenvalue weighted by Crippen LogP contribution is 2.04. The van der Waals surface area contributed by atoms with Gasteiger partial charge in [-0.05, 0) is 23.9 Å². The van der Waals surface area contributed by atoms with Gasteiger partial charge in [0.1, 0.15) is 0 Å². The van der Waals surface area contributed by atoms with E-state index in [0.717, 1.165) is 5.69 Å². The normalized spacial score (nSPS) is 12.2. The summed E-state index contributed by atoms with van der Waals surface area (Å²) >= 11 is 0. The maximum Gasteiger partial charge on any atom is 0.221 e. The number of rotatable bonds is 3. The fraction of sp³-hybridized carbons (Fsp3) is 0.300. The van der Waals surface area contributed by atoms with Crippen LogP contribution in [0.5, 0.6) is 0 Å². The van der Waals surface area contributed by atoms with Crippen LogP contribution in [0.2, 0.25) is 6.55 Å². The first-order chi connectivity index (χ1) is 6.63. The summed E-state index contributed by atoms with van der Waals surface area (Å²) in [6.07, 6.45) is 0.